The number of allylic oxidation sites excluding steroid dienone is 1. The Bertz CT molecular complexity index is 790. The average molecular weight is 279 g/mol. The van der Waals surface area contributed by atoms with Crippen molar-refractivity contribution in [2.75, 3.05) is 0 Å². The first-order chi connectivity index (χ1) is 10.3. The largest absolute Gasteiger partial charge is 0.268 e. The van der Waals surface area contributed by atoms with Crippen LogP contribution in [-0.4, -0.2) is 24.5 Å². The predicted molar refractivity (Wildman–Crippen MR) is 78.9 cm³/mol. The van der Waals surface area contributed by atoms with Crippen LogP contribution in [0.4, 0.5) is 0 Å². The minimum Gasteiger partial charge on any atom is -0.268 e. The van der Waals surface area contributed by atoms with Crippen molar-refractivity contribution in [1.29, 1.82) is 0 Å². The van der Waals surface area contributed by atoms with Gasteiger partial charge in [0.1, 0.15) is 12.7 Å². The van der Waals surface area contributed by atoms with Crippen LogP contribution in [0.2, 0.25) is 0 Å². The van der Waals surface area contributed by atoms with Crippen LogP contribution in [0.15, 0.2) is 66.0 Å². The molecule has 3 rings (SSSR count). The van der Waals surface area contributed by atoms with Gasteiger partial charge in [-0.05, 0) is 11.6 Å². The van der Waals surface area contributed by atoms with Gasteiger partial charge >= 0.3 is 0 Å². The lowest BCUT2D eigenvalue weighted by Gasteiger charge is -2.03. The molecule has 3 aromatic rings. The average Bonchev–Trinajstić information content (AvgIpc) is 3.04. The van der Waals surface area contributed by atoms with Crippen molar-refractivity contribution >= 4 is 6.08 Å². The molecular formula is C15H13N5O. The van der Waals surface area contributed by atoms with E-state index < -0.39 is 0 Å². The third-order valence-electron chi connectivity index (χ3n) is 2.89. The van der Waals surface area contributed by atoms with Gasteiger partial charge in [0.2, 0.25) is 0 Å². The Morgan fingerprint density at radius 2 is 1.95 bits per heavy atom. The Hall–Kier alpha value is -3.02. The highest BCUT2D eigenvalue weighted by Crippen LogP contribution is 2.01. The fourth-order valence-electron chi connectivity index (χ4n) is 1.87. The van der Waals surface area contributed by atoms with Gasteiger partial charge in [0.15, 0.2) is 5.82 Å². The summed E-state index contributed by atoms with van der Waals surface area (Å²) >= 11 is 0. The van der Waals surface area contributed by atoms with E-state index in [1.165, 1.54) is 28.1 Å². The maximum absolute atomic E-state index is 11.8. The van der Waals surface area contributed by atoms with Crippen molar-refractivity contribution < 1.29 is 0 Å². The zero-order valence-corrected chi connectivity index (χ0v) is 11.2. The van der Waals surface area contributed by atoms with Crippen molar-refractivity contribution in [3.8, 4) is 5.82 Å². The Labute approximate surface area is 121 Å². The molecule has 0 atom stereocenters. The topological polar surface area (TPSA) is 65.6 Å². The van der Waals surface area contributed by atoms with E-state index in [-0.39, 0.29) is 5.56 Å². The Morgan fingerprint density at radius 3 is 2.71 bits per heavy atom. The smallest absolute Gasteiger partial charge is 0.267 e. The summed E-state index contributed by atoms with van der Waals surface area (Å²) < 4.78 is 2.90. The van der Waals surface area contributed by atoms with Gasteiger partial charge in [0.25, 0.3) is 5.56 Å². The highest BCUT2D eigenvalue weighted by atomic mass is 16.1. The Kier molecular flexibility index (Phi) is 3.68. The van der Waals surface area contributed by atoms with Crippen molar-refractivity contribution in [2.45, 2.75) is 6.54 Å². The minimum absolute atomic E-state index is 0.156. The third-order valence-corrected chi connectivity index (χ3v) is 2.89. The van der Waals surface area contributed by atoms with Crippen molar-refractivity contribution in [3.63, 3.8) is 0 Å². The van der Waals surface area contributed by atoms with Gasteiger partial charge in [-0.1, -0.05) is 42.5 Å². The minimum atomic E-state index is -0.156. The van der Waals surface area contributed by atoms with E-state index >= 15 is 0 Å². The number of nitrogens with zero attached hydrogens (tertiary/aromatic N) is 5. The van der Waals surface area contributed by atoms with Gasteiger partial charge in [0, 0.05) is 6.07 Å². The highest BCUT2D eigenvalue weighted by Gasteiger charge is 2.01. The molecule has 0 aliphatic rings. The van der Waals surface area contributed by atoms with Crippen LogP contribution in [0.5, 0.6) is 0 Å². The SMILES string of the molecule is O=c1ccc(-n2cncn2)nn1C/C=C\c1ccccc1. The lowest BCUT2D eigenvalue weighted by atomic mass is 10.2. The van der Waals surface area contributed by atoms with Crippen LogP contribution in [0, 0.1) is 0 Å². The first kappa shape index (κ1) is 13.0. The molecule has 2 heterocycles. The second kappa shape index (κ2) is 5.96. The molecule has 0 saturated heterocycles. The van der Waals surface area contributed by atoms with E-state index in [9.17, 15) is 4.79 Å². The van der Waals surface area contributed by atoms with Gasteiger partial charge in [0.05, 0.1) is 6.54 Å². The molecule has 0 unspecified atom stereocenters. The molecule has 0 bridgehead atoms. The molecule has 6 heteroatoms. The first-order valence-electron chi connectivity index (χ1n) is 6.48. The summed E-state index contributed by atoms with van der Waals surface area (Å²) in [4.78, 5) is 15.7. The van der Waals surface area contributed by atoms with Crippen molar-refractivity contribution in [3.05, 3.63) is 77.1 Å². The molecule has 0 aliphatic carbocycles. The number of benzene rings is 1. The number of hydrogen-bond acceptors (Lipinski definition) is 4. The highest BCUT2D eigenvalue weighted by molar-refractivity contribution is 5.48. The molecule has 0 saturated carbocycles. The van der Waals surface area contributed by atoms with Gasteiger partial charge in [-0.25, -0.2) is 14.3 Å². The molecule has 0 amide bonds. The molecule has 0 fully saturated rings. The second-order valence-electron chi connectivity index (χ2n) is 4.36. The van der Waals surface area contributed by atoms with Gasteiger partial charge in [-0.2, -0.15) is 5.10 Å². The van der Waals surface area contributed by atoms with E-state index in [2.05, 4.69) is 15.2 Å². The lowest BCUT2D eigenvalue weighted by Crippen LogP contribution is -2.22. The van der Waals surface area contributed by atoms with E-state index in [0.29, 0.717) is 12.4 Å². The Morgan fingerprint density at radius 1 is 1.10 bits per heavy atom. The fourth-order valence-corrected chi connectivity index (χ4v) is 1.87. The maximum atomic E-state index is 11.8. The van der Waals surface area contributed by atoms with Crippen LogP contribution < -0.4 is 5.56 Å². The van der Waals surface area contributed by atoms with Crippen molar-refractivity contribution in [1.82, 2.24) is 24.5 Å². The van der Waals surface area contributed by atoms with Crippen molar-refractivity contribution in [2.24, 2.45) is 0 Å². The van der Waals surface area contributed by atoms with Crippen LogP contribution in [0.3, 0.4) is 0 Å². The number of hydrogen-bond donors (Lipinski definition) is 0. The van der Waals surface area contributed by atoms with E-state index in [1.807, 2.05) is 42.5 Å². The quantitative estimate of drug-likeness (QED) is 0.726. The summed E-state index contributed by atoms with van der Waals surface area (Å²) in [5, 5.41) is 8.25. The van der Waals surface area contributed by atoms with Crippen LogP contribution in [0.1, 0.15) is 5.56 Å². The second-order valence-corrected chi connectivity index (χ2v) is 4.36. The van der Waals surface area contributed by atoms with Gasteiger partial charge < -0.3 is 0 Å². The summed E-state index contributed by atoms with van der Waals surface area (Å²) in [7, 11) is 0. The zero-order chi connectivity index (χ0) is 14.5. The van der Waals surface area contributed by atoms with Crippen LogP contribution in [0.25, 0.3) is 11.9 Å². The van der Waals surface area contributed by atoms with Gasteiger partial charge in [-0.15, -0.1) is 5.10 Å². The summed E-state index contributed by atoms with van der Waals surface area (Å²) in [5.41, 5.74) is 0.926. The molecule has 104 valence electrons. The van der Waals surface area contributed by atoms with E-state index in [1.54, 1.807) is 6.07 Å². The normalized spacial score (nSPS) is 11.0. The molecule has 0 spiro atoms. The molecule has 0 N–H and O–H groups in total. The monoisotopic (exact) mass is 279 g/mol. The molecular weight excluding hydrogens is 266 g/mol. The fraction of sp³-hybridized carbons (Fsp3) is 0.0667. The molecule has 2 aromatic heterocycles. The number of aromatic nitrogens is 5. The van der Waals surface area contributed by atoms with Crippen LogP contribution in [-0.2, 0) is 6.54 Å². The summed E-state index contributed by atoms with van der Waals surface area (Å²) in [6, 6.07) is 13.0. The maximum Gasteiger partial charge on any atom is 0.267 e. The molecule has 21 heavy (non-hydrogen) atoms. The summed E-state index contributed by atoms with van der Waals surface area (Å²) in [6.07, 6.45) is 6.81. The molecule has 0 aliphatic heterocycles. The predicted octanol–water partition coefficient (Wildman–Crippen LogP) is 1.54. The van der Waals surface area contributed by atoms with Gasteiger partial charge in [-0.3, -0.25) is 4.79 Å². The van der Waals surface area contributed by atoms with E-state index in [0.717, 1.165) is 5.56 Å². The lowest BCUT2D eigenvalue weighted by molar-refractivity contribution is 0.630. The van der Waals surface area contributed by atoms with E-state index in [4.69, 9.17) is 0 Å². The molecule has 1 aromatic carbocycles. The summed E-state index contributed by atoms with van der Waals surface area (Å²) in [5.74, 6) is 0.556. The number of rotatable bonds is 4. The zero-order valence-electron chi connectivity index (χ0n) is 11.2. The molecule has 6 nitrogen and oxygen atoms in total. The first-order valence-corrected chi connectivity index (χ1v) is 6.48. The summed E-state index contributed by atoms with van der Waals surface area (Å²) in [6.45, 7) is 0.399. The molecule has 0 radical (unpaired) electrons. The van der Waals surface area contributed by atoms with Crippen LogP contribution >= 0.6 is 0 Å². The third kappa shape index (κ3) is 3.11. The Balaban J connectivity index is 1.81. The standard InChI is InChI=1S/C15H13N5O/c21-15-9-8-14(20-12-16-11-17-20)18-19(15)10-4-7-13-5-2-1-3-6-13/h1-9,11-12H,10H2/b7-4-.